The third-order valence-corrected chi connectivity index (χ3v) is 8.24. The summed E-state index contributed by atoms with van der Waals surface area (Å²) >= 11 is 0. The maximum Gasteiger partial charge on any atom is 0.313 e. The van der Waals surface area contributed by atoms with E-state index >= 15 is 0 Å². The van der Waals surface area contributed by atoms with Crippen LogP contribution < -0.4 is 0 Å². The fourth-order valence-corrected chi connectivity index (χ4v) is 2.86. The lowest BCUT2D eigenvalue weighted by atomic mass is 10.1. The minimum Gasteiger partial charge on any atom is -0.466 e. The molecular weight excluding hydrogens is 284 g/mol. The van der Waals surface area contributed by atoms with Crippen LogP contribution >= 0.6 is 0 Å². The van der Waals surface area contributed by atoms with Gasteiger partial charge >= 0.3 is 5.97 Å². The first-order valence-corrected chi connectivity index (χ1v) is 10.4. The van der Waals surface area contributed by atoms with Crippen molar-refractivity contribution in [3.8, 4) is 0 Å². The van der Waals surface area contributed by atoms with Gasteiger partial charge in [0.2, 0.25) is 0 Å². The van der Waals surface area contributed by atoms with Gasteiger partial charge in [0, 0.05) is 6.42 Å². The number of ether oxygens (including phenoxy) is 1. The van der Waals surface area contributed by atoms with Gasteiger partial charge in [-0.25, -0.2) is 0 Å². The molecule has 0 aliphatic heterocycles. The molecule has 0 fully saturated rings. The van der Waals surface area contributed by atoms with Crippen LogP contribution in [0.15, 0.2) is 12.2 Å². The Morgan fingerprint density at radius 1 is 1.24 bits per heavy atom. The third kappa shape index (κ3) is 7.57. The Balaban J connectivity index is 4.71. The van der Waals surface area contributed by atoms with Gasteiger partial charge in [-0.15, -0.1) is 0 Å². The van der Waals surface area contributed by atoms with Crippen LogP contribution in [0.4, 0.5) is 0 Å². The highest BCUT2D eigenvalue weighted by atomic mass is 28.4. The molecule has 0 aliphatic rings. The summed E-state index contributed by atoms with van der Waals surface area (Å²) in [6.07, 6.45) is 3.55. The van der Waals surface area contributed by atoms with Crippen molar-refractivity contribution < 1.29 is 18.8 Å². The van der Waals surface area contributed by atoms with Gasteiger partial charge in [0.25, 0.3) is 0 Å². The van der Waals surface area contributed by atoms with Gasteiger partial charge in [0.15, 0.2) is 8.32 Å². The molecule has 0 amide bonds. The molecule has 0 aliphatic carbocycles. The Hall–Kier alpha value is -0.943. The first-order chi connectivity index (χ1) is 9.53. The lowest BCUT2D eigenvalue weighted by Gasteiger charge is -2.38. The number of esters is 1. The third-order valence-electron chi connectivity index (χ3n) is 3.73. The van der Waals surface area contributed by atoms with Crippen LogP contribution in [0, 0.1) is 0 Å². The highest BCUT2D eigenvalue weighted by Gasteiger charge is 2.39. The van der Waals surface area contributed by atoms with E-state index < -0.39 is 14.3 Å². The highest BCUT2D eigenvalue weighted by Crippen LogP contribution is 2.37. The second kappa shape index (κ2) is 8.49. The predicted molar refractivity (Wildman–Crippen MR) is 87.8 cm³/mol. The molecule has 0 heterocycles. The van der Waals surface area contributed by atoms with E-state index in [-0.39, 0.29) is 29.8 Å². The van der Waals surface area contributed by atoms with Crippen LogP contribution in [0.2, 0.25) is 18.1 Å². The van der Waals surface area contributed by atoms with Crippen molar-refractivity contribution >= 4 is 20.1 Å². The van der Waals surface area contributed by atoms with Crippen LogP contribution in [-0.4, -0.2) is 32.8 Å². The predicted octanol–water partition coefficient (Wildman–Crippen LogP) is 3.87. The monoisotopic (exact) mass is 314 g/mol. The number of Topliss-reactive ketones (excluding diaryl/α,β-unsaturated/α-hetero) is 1. The maximum atomic E-state index is 11.9. The van der Waals surface area contributed by atoms with Crippen molar-refractivity contribution in [2.45, 2.75) is 71.7 Å². The molecule has 21 heavy (non-hydrogen) atoms. The molecular formula is C16H30O4Si. The maximum absolute atomic E-state index is 11.9. The molecule has 0 radical (unpaired) electrons. The number of ketones is 1. The van der Waals surface area contributed by atoms with Crippen molar-refractivity contribution in [2.75, 3.05) is 6.61 Å². The fraction of sp³-hybridized carbons (Fsp3) is 0.750. The molecule has 0 rings (SSSR count). The van der Waals surface area contributed by atoms with E-state index in [1.54, 1.807) is 6.92 Å². The lowest BCUT2D eigenvalue weighted by molar-refractivity contribution is -0.145. The summed E-state index contributed by atoms with van der Waals surface area (Å²) < 4.78 is 11.0. The van der Waals surface area contributed by atoms with E-state index in [0.717, 1.165) is 0 Å². The Kier molecular flexibility index (Phi) is 8.11. The molecule has 4 nitrogen and oxygen atoms in total. The number of hydrogen-bond acceptors (Lipinski definition) is 4. The molecule has 0 spiro atoms. The Morgan fingerprint density at radius 3 is 2.24 bits per heavy atom. The molecule has 122 valence electrons. The Bertz CT molecular complexity index is 380. The minimum absolute atomic E-state index is 0.0804. The molecule has 0 aromatic heterocycles. The first-order valence-electron chi connectivity index (χ1n) is 7.51. The zero-order chi connectivity index (χ0) is 16.7. The summed E-state index contributed by atoms with van der Waals surface area (Å²) in [6, 6.07) is 0. The van der Waals surface area contributed by atoms with Crippen molar-refractivity contribution in [1.82, 2.24) is 0 Å². The van der Waals surface area contributed by atoms with Crippen LogP contribution in [-0.2, 0) is 18.8 Å². The van der Waals surface area contributed by atoms with E-state index in [2.05, 4.69) is 33.9 Å². The van der Waals surface area contributed by atoms with Gasteiger partial charge in [-0.3, -0.25) is 9.59 Å². The standard InChI is InChI=1S/C16H30O4Si/c1-8-10-14(20-21(6,7)16(3,4)5)11-13(17)12-15(18)19-9-2/h8,10,14H,9,11-12H2,1-7H3/b10-8+/t14-/m1/s1. The molecule has 0 N–H and O–H groups in total. The molecule has 5 heteroatoms. The van der Waals surface area contributed by atoms with Crippen LogP contribution in [0.1, 0.15) is 47.5 Å². The van der Waals surface area contributed by atoms with Gasteiger partial charge in [0.05, 0.1) is 12.7 Å². The van der Waals surface area contributed by atoms with E-state index in [1.807, 2.05) is 19.1 Å². The second-order valence-corrected chi connectivity index (χ2v) is 11.4. The van der Waals surface area contributed by atoms with Crippen LogP contribution in [0.25, 0.3) is 0 Å². The molecule has 0 unspecified atom stereocenters. The van der Waals surface area contributed by atoms with Crippen molar-refractivity contribution in [3.63, 3.8) is 0 Å². The summed E-state index contributed by atoms with van der Waals surface area (Å²) in [4.78, 5) is 23.3. The van der Waals surface area contributed by atoms with Gasteiger partial charge in [0.1, 0.15) is 12.2 Å². The smallest absolute Gasteiger partial charge is 0.313 e. The number of carbonyl (C=O) groups is 2. The van der Waals surface area contributed by atoms with Crippen molar-refractivity contribution in [2.24, 2.45) is 0 Å². The van der Waals surface area contributed by atoms with E-state index in [4.69, 9.17) is 9.16 Å². The molecule has 0 saturated heterocycles. The SMILES string of the molecule is C/C=C/[C@H](CC(=O)CC(=O)OCC)O[Si](C)(C)C(C)(C)C. The Labute approximate surface area is 130 Å². The number of hydrogen-bond donors (Lipinski definition) is 0. The van der Waals surface area contributed by atoms with Gasteiger partial charge in [-0.2, -0.15) is 0 Å². The van der Waals surface area contributed by atoms with Gasteiger partial charge in [-0.05, 0) is 32.0 Å². The second-order valence-electron chi connectivity index (χ2n) is 6.67. The number of carbonyl (C=O) groups excluding carboxylic acids is 2. The van der Waals surface area contributed by atoms with E-state index in [1.165, 1.54) is 0 Å². The summed E-state index contributed by atoms with van der Waals surface area (Å²) in [5.41, 5.74) is 0. The van der Waals surface area contributed by atoms with Gasteiger partial charge in [-0.1, -0.05) is 32.9 Å². The molecule has 0 saturated carbocycles. The summed E-state index contributed by atoms with van der Waals surface area (Å²) in [6.45, 7) is 14.7. The average Bonchev–Trinajstić information content (AvgIpc) is 2.26. The van der Waals surface area contributed by atoms with Crippen LogP contribution in [0.5, 0.6) is 0 Å². The lowest BCUT2D eigenvalue weighted by Crippen LogP contribution is -2.44. The highest BCUT2D eigenvalue weighted by molar-refractivity contribution is 6.74. The average molecular weight is 314 g/mol. The van der Waals surface area contributed by atoms with Crippen molar-refractivity contribution in [3.05, 3.63) is 12.2 Å². The summed E-state index contributed by atoms with van der Waals surface area (Å²) in [5, 5.41) is 0.0804. The Morgan fingerprint density at radius 2 is 1.81 bits per heavy atom. The zero-order valence-corrected chi connectivity index (χ0v) is 15.5. The van der Waals surface area contributed by atoms with Gasteiger partial charge < -0.3 is 9.16 Å². The summed E-state index contributed by atoms with van der Waals surface area (Å²) in [5.74, 6) is -0.607. The largest absolute Gasteiger partial charge is 0.466 e. The quantitative estimate of drug-likeness (QED) is 0.295. The summed E-state index contributed by atoms with van der Waals surface area (Å²) in [7, 11) is -1.95. The van der Waals surface area contributed by atoms with E-state index in [0.29, 0.717) is 6.61 Å². The minimum atomic E-state index is -1.95. The van der Waals surface area contributed by atoms with E-state index in [9.17, 15) is 9.59 Å². The normalized spacial score (nSPS) is 14.2. The topological polar surface area (TPSA) is 52.6 Å². The molecule has 0 aromatic carbocycles. The number of rotatable bonds is 8. The molecule has 0 bridgehead atoms. The molecule has 1 atom stereocenters. The zero-order valence-electron chi connectivity index (χ0n) is 14.5. The molecule has 0 aromatic rings. The number of allylic oxidation sites excluding steroid dienone is 1. The first kappa shape index (κ1) is 20.1. The van der Waals surface area contributed by atoms with Crippen LogP contribution in [0.3, 0.4) is 0 Å². The fourth-order valence-electron chi connectivity index (χ4n) is 1.59. The van der Waals surface area contributed by atoms with Crippen molar-refractivity contribution in [1.29, 1.82) is 0 Å².